The van der Waals surface area contributed by atoms with Crippen molar-refractivity contribution >= 4 is 22.8 Å². The second-order valence-corrected chi connectivity index (χ2v) is 5.32. The monoisotopic (exact) mass is 222 g/mol. The fourth-order valence-corrected chi connectivity index (χ4v) is 2.43. The van der Waals surface area contributed by atoms with Crippen LogP contribution >= 0.6 is 11.8 Å². The molecule has 0 saturated carbocycles. The Hall–Kier alpha value is -1.03. The lowest BCUT2D eigenvalue weighted by Crippen LogP contribution is -1.89. The van der Waals surface area contributed by atoms with E-state index in [-0.39, 0.29) is 0 Å². The maximum atomic E-state index is 4.82. The molecule has 0 aliphatic carbocycles. The second kappa shape index (κ2) is 4.23. The van der Waals surface area contributed by atoms with Gasteiger partial charge in [-0.05, 0) is 28.4 Å². The Balaban J connectivity index is 2.53. The zero-order chi connectivity index (χ0) is 10.8. The summed E-state index contributed by atoms with van der Waals surface area (Å²) in [7, 11) is 0. The highest BCUT2D eigenvalue weighted by Crippen LogP contribution is 2.30. The van der Waals surface area contributed by atoms with Gasteiger partial charge in [0.15, 0.2) is 0 Å². The van der Waals surface area contributed by atoms with Crippen molar-refractivity contribution in [2.75, 3.05) is 0 Å². The molecule has 1 aromatic heterocycles. The van der Waals surface area contributed by atoms with Crippen molar-refractivity contribution in [2.45, 2.75) is 37.3 Å². The van der Waals surface area contributed by atoms with E-state index >= 15 is 0 Å². The van der Waals surface area contributed by atoms with Gasteiger partial charge in [-0.1, -0.05) is 26.8 Å². The van der Waals surface area contributed by atoms with Gasteiger partial charge in [-0.25, -0.2) is 4.63 Å². The number of nitrogens with zero attached hydrogens (tertiary/aromatic N) is 2. The summed E-state index contributed by atoms with van der Waals surface area (Å²) in [5.74, 6) is 0. The molecule has 1 heterocycles. The lowest BCUT2D eigenvalue weighted by atomic mass is 10.1. The summed E-state index contributed by atoms with van der Waals surface area (Å²) in [6, 6.07) is 4.22. The molecular formula is C11H14N2OS. The first-order chi connectivity index (χ1) is 7.22. The van der Waals surface area contributed by atoms with Crippen LogP contribution in [-0.2, 0) is 6.42 Å². The highest BCUT2D eigenvalue weighted by atomic mass is 32.2. The third-order valence-electron chi connectivity index (χ3n) is 2.21. The van der Waals surface area contributed by atoms with E-state index in [1.807, 2.05) is 0 Å². The van der Waals surface area contributed by atoms with E-state index in [9.17, 15) is 0 Å². The number of fused-ring (bicyclic) bond motifs is 1. The molecule has 0 spiro atoms. The summed E-state index contributed by atoms with van der Waals surface area (Å²) in [6.45, 7) is 6.44. The van der Waals surface area contributed by atoms with Crippen LogP contribution in [0, 0.1) is 0 Å². The first-order valence-corrected chi connectivity index (χ1v) is 6.01. The van der Waals surface area contributed by atoms with Crippen LogP contribution in [0.1, 0.15) is 26.3 Å². The zero-order valence-corrected chi connectivity index (χ0v) is 9.97. The molecule has 0 N–H and O–H groups in total. The molecule has 0 amide bonds. The number of aromatic nitrogens is 2. The van der Waals surface area contributed by atoms with Crippen molar-refractivity contribution in [3.8, 4) is 0 Å². The van der Waals surface area contributed by atoms with Crippen molar-refractivity contribution in [3.05, 3.63) is 17.7 Å². The van der Waals surface area contributed by atoms with Crippen molar-refractivity contribution in [2.24, 2.45) is 0 Å². The molecule has 0 unspecified atom stereocenters. The Morgan fingerprint density at radius 3 is 2.67 bits per heavy atom. The maximum Gasteiger partial charge on any atom is 0.149 e. The summed E-state index contributed by atoms with van der Waals surface area (Å²) in [5.41, 5.74) is 3.00. The average Bonchev–Trinajstić information content (AvgIpc) is 2.66. The van der Waals surface area contributed by atoms with Crippen LogP contribution in [-0.4, -0.2) is 15.6 Å². The number of aryl methyl sites for hydroxylation is 1. The molecule has 0 aliphatic rings. The third kappa shape index (κ3) is 2.00. The van der Waals surface area contributed by atoms with E-state index in [4.69, 9.17) is 4.63 Å². The van der Waals surface area contributed by atoms with Crippen molar-refractivity contribution in [1.82, 2.24) is 10.3 Å². The highest BCUT2D eigenvalue weighted by Gasteiger charge is 2.11. The van der Waals surface area contributed by atoms with Gasteiger partial charge in [0, 0.05) is 10.1 Å². The lowest BCUT2D eigenvalue weighted by molar-refractivity contribution is 0.315. The minimum Gasteiger partial charge on any atom is -0.243 e. The minimum absolute atomic E-state index is 0.539. The predicted octanol–water partition coefficient (Wildman–Crippen LogP) is 3.29. The van der Waals surface area contributed by atoms with E-state index in [1.165, 1.54) is 5.56 Å². The van der Waals surface area contributed by atoms with Crippen LogP contribution < -0.4 is 0 Å². The van der Waals surface area contributed by atoms with Gasteiger partial charge in [-0.15, -0.1) is 11.8 Å². The van der Waals surface area contributed by atoms with E-state index in [0.717, 1.165) is 22.3 Å². The van der Waals surface area contributed by atoms with E-state index < -0.39 is 0 Å². The van der Waals surface area contributed by atoms with Gasteiger partial charge in [-0.2, -0.15) is 0 Å². The Morgan fingerprint density at radius 1 is 1.27 bits per heavy atom. The van der Waals surface area contributed by atoms with Crippen molar-refractivity contribution in [1.29, 1.82) is 0 Å². The molecule has 15 heavy (non-hydrogen) atoms. The highest BCUT2D eigenvalue weighted by molar-refractivity contribution is 8.00. The smallest absolute Gasteiger partial charge is 0.149 e. The fraction of sp³-hybridized carbons (Fsp3) is 0.455. The zero-order valence-electron chi connectivity index (χ0n) is 9.15. The second-order valence-electron chi connectivity index (χ2n) is 3.70. The summed E-state index contributed by atoms with van der Waals surface area (Å²) < 4.78 is 4.82. The number of benzene rings is 1. The predicted molar refractivity (Wildman–Crippen MR) is 62.2 cm³/mol. The largest absolute Gasteiger partial charge is 0.243 e. The summed E-state index contributed by atoms with van der Waals surface area (Å²) in [6.07, 6.45) is 0.956. The minimum atomic E-state index is 0.539. The van der Waals surface area contributed by atoms with Crippen LogP contribution in [0.15, 0.2) is 21.7 Å². The average molecular weight is 222 g/mol. The van der Waals surface area contributed by atoms with Crippen LogP contribution in [0.25, 0.3) is 11.0 Å². The van der Waals surface area contributed by atoms with Gasteiger partial charge in [0.2, 0.25) is 0 Å². The molecule has 0 fully saturated rings. The van der Waals surface area contributed by atoms with E-state index in [0.29, 0.717) is 5.25 Å². The fourth-order valence-electron chi connectivity index (χ4n) is 1.53. The number of hydrogen-bond donors (Lipinski definition) is 0. The molecule has 0 bridgehead atoms. The van der Waals surface area contributed by atoms with Crippen molar-refractivity contribution in [3.63, 3.8) is 0 Å². The number of thioether (sulfide) groups is 1. The Labute approximate surface area is 93.2 Å². The molecule has 0 aliphatic heterocycles. The Morgan fingerprint density at radius 2 is 2.00 bits per heavy atom. The molecule has 2 rings (SSSR count). The third-order valence-corrected chi connectivity index (χ3v) is 3.26. The van der Waals surface area contributed by atoms with Gasteiger partial charge in [0.25, 0.3) is 0 Å². The van der Waals surface area contributed by atoms with Crippen LogP contribution in [0.5, 0.6) is 0 Å². The van der Waals surface area contributed by atoms with Gasteiger partial charge in [0.05, 0.1) is 0 Å². The summed E-state index contributed by atoms with van der Waals surface area (Å²) in [5, 5.41) is 8.47. The first-order valence-electron chi connectivity index (χ1n) is 5.13. The van der Waals surface area contributed by atoms with Crippen molar-refractivity contribution < 1.29 is 4.63 Å². The van der Waals surface area contributed by atoms with Gasteiger partial charge in [-0.3, -0.25) is 0 Å². The van der Waals surface area contributed by atoms with E-state index in [1.54, 1.807) is 11.8 Å². The summed E-state index contributed by atoms with van der Waals surface area (Å²) in [4.78, 5) is 1.15. The van der Waals surface area contributed by atoms with E-state index in [2.05, 4.69) is 43.2 Å². The van der Waals surface area contributed by atoms with Gasteiger partial charge in [0.1, 0.15) is 11.0 Å². The lowest BCUT2D eigenvalue weighted by Gasteiger charge is -2.05. The molecule has 0 atom stereocenters. The van der Waals surface area contributed by atoms with Crippen LogP contribution in [0.3, 0.4) is 0 Å². The molecule has 1 aromatic carbocycles. The normalized spacial score (nSPS) is 11.5. The van der Waals surface area contributed by atoms with Gasteiger partial charge >= 0.3 is 0 Å². The SMILES string of the molecule is CCc1ccc(SC(C)C)c2nonc12. The Bertz CT molecular complexity index is 465. The molecule has 3 nitrogen and oxygen atoms in total. The molecular weight excluding hydrogens is 208 g/mol. The topological polar surface area (TPSA) is 38.9 Å². The first kappa shape index (κ1) is 10.5. The van der Waals surface area contributed by atoms with Crippen LogP contribution in [0.2, 0.25) is 0 Å². The molecule has 0 radical (unpaired) electrons. The van der Waals surface area contributed by atoms with Crippen LogP contribution in [0.4, 0.5) is 0 Å². The Kier molecular flexibility index (Phi) is 2.95. The van der Waals surface area contributed by atoms with Gasteiger partial charge < -0.3 is 0 Å². The molecule has 80 valence electrons. The molecule has 4 heteroatoms. The molecule has 0 saturated heterocycles. The number of hydrogen-bond acceptors (Lipinski definition) is 4. The quantitative estimate of drug-likeness (QED) is 0.747. The molecule has 2 aromatic rings. The standard InChI is InChI=1S/C11H14N2OS/c1-4-8-5-6-9(15-7(2)3)11-10(8)12-14-13-11/h5-7H,4H2,1-3H3. The summed E-state index contributed by atoms with van der Waals surface area (Å²) >= 11 is 1.79. The maximum absolute atomic E-state index is 4.82. The number of rotatable bonds is 3.